The Bertz CT molecular complexity index is 775. The maximum absolute atomic E-state index is 13.7. The van der Waals surface area contributed by atoms with Crippen molar-refractivity contribution >= 4 is 34.5 Å². The lowest BCUT2D eigenvalue weighted by molar-refractivity contribution is -0.114. The Kier molecular flexibility index (Phi) is 5.48. The van der Waals surface area contributed by atoms with Crippen LogP contribution < -0.4 is 10.6 Å². The van der Waals surface area contributed by atoms with Crippen LogP contribution in [0, 0.1) is 5.82 Å². The molecule has 2 amide bonds. The van der Waals surface area contributed by atoms with Gasteiger partial charge in [-0.25, -0.2) is 4.39 Å². The summed E-state index contributed by atoms with van der Waals surface area (Å²) in [5.41, 5.74) is 1.80. The van der Waals surface area contributed by atoms with Crippen LogP contribution in [0.5, 0.6) is 0 Å². The quantitative estimate of drug-likeness (QED) is 0.829. The van der Waals surface area contributed by atoms with Crippen LogP contribution >= 0.6 is 11.3 Å². The average Bonchev–Trinajstić information content (AvgIpc) is 2.92. The van der Waals surface area contributed by atoms with Gasteiger partial charge in [0.25, 0.3) is 5.91 Å². The normalized spacial score (nSPS) is 14.2. The number of carbonyl (C=O) groups is 2. The molecule has 25 heavy (non-hydrogen) atoms. The molecule has 0 spiro atoms. The molecule has 2 N–H and O–H groups in total. The number of rotatable bonds is 3. The van der Waals surface area contributed by atoms with E-state index in [4.69, 9.17) is 0 Å². The van der Waals surface area contributed by atoms with E-state index in [-0.39, 0.29) is 17.5 Å². The van der Waals surface area contributed by atoms with E-state index in [0.717, 1.165) is 12.8 Å². The molecule has 0 atom stereocenters. The summed E-state index contributed by atoms with van der Waals surface area (Å²) in [6.45, 7) is 1.31. The van der Waals surface area contributed by atoms with Crippen molar-refractivity contribution in [1.82, 2.24) is 0 Å². The number of halogens is 1. The second kappa shape index (κ2) is 7.78. The lowest BCUT2D eigenvalue weighted by Crippen LogP contribution is -2.12. The summed E-state index contributed by atoms with van der Waals surface area (Å²) in [6.07, 6.45) is 6.91. The fourth-order valence-corrected chi connectivity index (χ4v) is 4.19. The van der Waals surface area contributed by atoms with Crippen molar-refractivity contribution < 1.29 is 14.0 Å². The zero-order valence-electron chi connectivity index (χ0n) is 14.2. The maximum Gasteiger partial charge on any atom is 0.265 e. The van der Waals surface area contributed by atoms with Gasteiger partial charge in [-0.1, -0.05) is 12.8 Å². The minimum Gasteiger partial charge on any atom is -0.324 e. The molecule has 0 saturated carbocycles. The minimum atomic E-state index is -0.535. The molecule has 4 nitrogen and oxygen atoms in total. The first-order valence-electron chi connectivity index (χ1n) is 8.53. The fraction of sp³-hybridized carbons (Fsp3) is 0.368. The van der Waals surface area contributed by atoms with Crippen LogP contribution in [-0.2, 0) is 17.6 Å². The summed E-state index contributed by atoms with van der Waals surface area (Å²) >= 11 is 1.55. The molecule has 1 heterocycles. The van der Waals surface area contributed by atoms with E-state index in [1.165, 1.54) is 61.2 Å². The standard InChI is InChI=1S/C19H21FN2O2S/c1-12(23)21-16-11-14(8-9-15(16)20)22-19(24)18-10-13-6-4-2-3-5-7-17(13)25-18/h8-11H,2-7H2,1H3,(H,21,23)(H,22,24). The van der Waals surface area contributed by atoms with E-state index in [0.29, 0.717) is 10.6 Å². The summed E-state index contributed by atoms with van der Waals surface area (Å²) in [5, 5.41) is 5.21. The maximum atomic E-state index is 13.7. The van der Waals surface area contributed by atoms with E-state index in [2.05, 4.69) is 10.6 Å². The highest BCUT2D eigenvalue weighted by atomic mass is 32.1. The van der Waals surface area contributed by atoms with Gasteiger partial charge in [0.1, 0.15) is 5.82 Å². The van der Waals surface area contributed by atoms with Crippen molar-refractivity contribution in [1.29, 1.82) is 0 Å². The first-order valence-corrected chi connectivity index (χ1v) is 9.34. The minimum absolute atomic E-state index is 0.0590. The predicted molar refractivity (Wildman–Crippen MR) is 98.9 cm³/mol. The average molecular weight is 360 g/mol. The van der Waals surface area contributed by atoms with E-state index < -0.39 is 5.82 Å². The highest BCUT2D eigenvalue weighted by Gasteiger charge is 2.16. The van der Waals surface area contributed by atoms with E-state index in [9.17, 15) is 14.0 Å². The van der Waals surface area contributed by atoms with Gasteiger partial charge in [0.15, 0.2) is 0 Å². The third kappa shape index (κ3) is 4.45. The molecule has 132 valence electrons. The number of amides is 2. The number of hydrogen-bond acceptors (Lipinski definition) is 3. The van der Waals surface area contributed by atoms with Crippen molar-refractivity contribution in [2.45, 2.75) is 45.4 Å². The van der Waals surface area contributed by atoms with E-state index in [1.54, 1.807) is 11.3 Å². The molecule has 3 rings (SSSR count). The number of benzene rings is 1. The summed E-state index contributed by atoms with van der Waals surface area (Å²) in [6, 6.07) is 6.13. The van der Waals surface area contributed by atoms with Gasteiger partial charge in [0.05, 0.1) is 10.6 Å². The monoisotopic (exact) mass is 360 g/mol. The second-order valence-electron chi connectivity index (χ2n) is 6.30. The zero-order valence-corrected chi connectivity index (χ0v) is 15.0. The molecule has 0 radical (unpaired) electrons. The molecule has 1 aliphatic rings. The van der Waals surface area contributed by atoms with Crippen molar-refractivity contribution in [3.63, 3.8) is 0 Å². The third-order valence-electron chi connectivity index (χ3n) is 4.26. The number of fused-ring (bicyclic) bond motifs is 1. The zero-order chi connectivity index (χ0) is 17.8. The van der Waals surface area contributed by atoms with Gasteiger partial charge in [-0.2, -0.15) is 0 Å². The van der Waals surface area contributed by atoms with Crippen LogP contribution in [-0.4, -0.2) is 11.8 Å². The van der Waals surface area contributed by atoms with Crippen LogP contribution in [0.3, 0.4) is 0 Å². The predicted octanol–water partition coefficient (Wildman–Crippen LogP) is 4.76. The Morgan fingerprint density at radius 3 is 2.56 bits per heavy atom. The van der Waals surface area contributed by atoms with E-state index in [1.807, 2.05) is 6.07 Å². The molecular weight excluding hydrogens is 339 g/mol. The van der Waals surface area contributed by atoms with Crippen LogP contribution in [0.2, 0.25) is 0 Å². The molecule has 0 unspecified atom stereocenters. The molecule has 1 aromatic heterocycles. The van der Waals surface area contributed by atoms with Crippen LogP contribution in [0.1, 0.15) is 52.7 Å². The Labute approximate surface area is 150 Å². The lowest BCUT2D eigenvalue weighted by Gasteiger charge is -2.08. The molecule has 0 fully saturated rings. The SMILES string of the molecule is CC(=O)Nc1cc(NC(=O)c2cc3c(s2)CCCCCC3)ccc1F. The van der Waals surface area contributed by atoms with Crippen molar-refractivity contribution in [3.05, 3.63) is 45.4 Å². The Morgan fingerprint density at radius 2 is 1.80 bits per heavy atom. The molecule has 0 bridgehead atoms. The van der Waals surface area contributed by atoms with Gasteiger partial charge in [-0.05, 0) is 55.5 Å². The number of hydrogen-bond donors (Lipinski definition) is 2. The summed E-state index contributed by atoms with van der Waals surface area (Å²) in [7, 11) is 0. The Balaban J connectivity index is 1.76. The number of nitrogens with one attached hydrogen (secondary N) is 2. The first-order chi connectivity index (χ1) is 12.0. The highest BCUT2D eigenvalue weighted by Crippen LogP contribution is 2.29. The van der Waals surface area contributed by atoms with Crippen LogP contribution in [0.15, 0.2) is 24.3 Å². The van der Waals surface area contributed by atoms with Gasteiger partial charge < -0.3 is 10.6 Å². The first kappa shape index (κ1) is 17.6. The molecule has 2 aromatic rings. The second-order valence-corrected chi connectivity index (χ2v) is 7.44. The van der Waals surface area contributed by atoms with Crippen molar-refractivity contribution in [3.8, 4) is 0 Å². The Morgan fingerprint density at radius 1 is 1.04 bits per heavy atom. The lowest BCUT2D eigenvalue weighted by atomic mass is 10.00. The van der Waals surface area contributed by atoms with Gasteiger partial charge in [-0.15, -0.1) is 11.3 Å². The number of thiophene rings is 1. The smallest absolute Gasteiger partial charge is 0.265 e. The van der Waals surface area contributed by atoms with Gasteiger partial charge in [0, 0.05) is 17.5 Å². The van der Waals surface area contributed by atoms with Crippen molar-refractivity contribution in [2.24, 2.45) is 0 Å². The third-order valence-corrected chi connectivity index (χ3v) is 5.49. The molecule has 6 heteroatoms. The number of anilines is 2. The van der Waals surface area contributed by atoms with Gasteiger partial charge >= 0.3 is 0 Å². The fourth-order valence-electron chi connectivity index (χ4n) is 3.04. The molecule has 0 aliphatic heterocycles. The largest absolute Gasteiger partial charge is 0.324 e. The Hall–Kier alpha value is -2.21. The topological polar surface area (TPSA) is 58.2 Å². The highest BCUT2D eigenvalue weighted by molar-refractivity contribution is 7.14. The number of aryl methyl sites for hydroxylation is 2. The molecule has 1 aliphatic carbocycles. The van der Waals surface area contributed by atoms with E-state index >= 15 is 0 Å². The molecular formula is C19H21FN2O2S. The van der Waals surface area contributed by atoms with Crippen molar-refractivity contribution in [2.75, 3.05) is 10.6 Å². The van der Waals surface area contributed by atoms with Gasteiger partial charge in [-0.3, -0.25) is 9.59 Å². The van der Waals surface area contributed by atoms with Crippen LogP contribution in [0.4, 0.5) is 15.8 Å². The summed E-state index contributed by atoms with van der Waals surface area (Å²) in [4.78, 5) is 25.7. The molecule has 1 aromatic carbocycles. The van der Waals surface area contributed by atoms with Crippen LogP contribution in [0.25, 0.3) is 0 Å². The molecule has 0 saturated heterocycles. The van der Waals surface area contributed by atoms with Gasteiger partial charge in [0.2, 0.25) is 5.91 Å². The number of carbonyl (C=O) groups excluding carboxylic acids is 2. The summed E-state index contributed by atoms with van der Waals surface area (Å²) in [5.74, 6) is -1.09. The summed E-state index contributed by atoms with van der Waals surface area (Å²) < 4.78 is 13.7.